The highest BCUT2D eigenvalue weighted by molar-refractivity contribution is 7.89. The summed E-state index contributed by atoms with van der Waals surface area (Å²) in [5.41, 5.74) is 1.11. The van der Waals surface area contributed by atoms with Crippen LogP contribution in [0.25, 0.3) is 5.69 Å². The fourth-order valence-electron chi connectivity index (χ4n) is 3.42. The first-order valence-corrected chi connectivity index (χ1v) is 11.6. The highest BCUT2D eigenvalue weighted by Gasteiger charge is 2.27. The highest BCUT2D eigenvalue weighted by Crippen LogP contribution is 2.21. The van der Waals surface area contributed by atoms with E-state index in [1.165, 1.54) is 57.8 Å². The van der Waals surface area contributed by atoms with Gasteiger partial charge in [-0.3, -0.25) is 14.9 Å². The molecule has 11 nitrogen and oxygen atoms in total. The average Bonchev–Trinajstić information content (AvgIpc) is 3.30. The van der Waals surface area contributed by atoms with Gasteiger partial charge in [-0.2, -0.15) is 9.40 Å². The van der Waals surface area contributed by atoms with Gasteiger partial charge in [0.2, 0.25) is 10.0 Å². The number of carbonyl (C=O) groups excluding carboxylic acids is 1. The molecule has 4 rings (SSSR count). The van der Waals surface area contributed by atoms with Gasteiger partial charge < -0.3 is 10.2 Å². The number of sulfonamides is 1. The summed E-state index contributed by atoms with van der Waals surface area (Å²) >= 11 is 0. The van der Waals surface area contributed by atoms with Crippen molar-refractivity contribution in [3.05, 3.63) is 76.6 Å². The number of hydrogen-bond donors (Lipinski definition) is 1. The Hall–Kier alpha value is -3.61. The minimum absolute atomic E-state index is 0.0460. The molecule has 0 radical (unpaired) electrons. The highest BCUT2D eigenvalue weighted by atomic mass is 32.2. The molecule has 3 aromatic rings. The van der Waals surface area contributed by atoms with Crippen LogP contribution in [-0.2, 0) is 10.0 Å². The van der Waals surface area contributed by atoms with Gasteiger partial charge in [0.25, 0.3) is 11.6 Å². The van der Waals surface area contributed by atoms with Crippen molar-refractivity contribution >= 4 is 27.3 Å². The van der Waals surface area contributed by atoms with Crippen molar-refractivity contribution in [3.8, 4) is 5.69 Å². The van der Waals surface area contributed by atoms with Gasteiger partial charge in [0, 0.05) is 50.2 Å². The predicted octanol–water partition coefficient (Wildman–Crippen LogP) is 1.97. The lowest BCUT2D eigenvalue weighted by atomic mass is 10.2. The summed E-state index contributed by atoms with van der Waals surface area (Å²) in [4.78, 5) is 25.2. The average molecular weight is 471 g/mol. The number of nitro benzene ring substituents is 1. The second-order valence-electron chi connectivity index (χ2n) is 7.64. The predicted molar refractivity (Wildman–Crippen MR) is 121 cm³/mol. The molecule has 2 aromatic carbocycles. The van der Waals surface area contributed by atoms with E-state index in [-0.39, 0.29) is 16.1 Å². The van der Waals surface area contributed by atoms with E-state index in [1.807, 2.05) is 7.05 Å². The lowest BCUT2D eigenvalue weighted by Gasteiger charge is -2.31. The molecule has 1 amide bonds. The number of benzene rings is 2. The molecular formula is C21H22N6O5S. The Bertz CT molecular complexity index is 1280. The van der Waals surface area contributed by atoms with Crippen LogP contribution in [-0.4, -0.2) is 71.5 Å². The molecular weight excluding hydrogens is 448 g/mol. The summed E-state index contributed by atoms with van der Waals surface area (Å²) < 4.78 is 28.8. The van der Waals surface area contributed by atoms with Crippen LogP contribution < -0.4 is 5.32 Å². The Balaban J connectivity index is 1.48. The van der Waals surface area contributed by atoms with Crippen LogP contribution in [0, 0.1) is 10.1 Å². The fourth-order valence-corrected chi connectivity index (χ4v) is 4.89. The van der Waals surface area contributed by atoms with Crippen LogP contribution in [0.15, 0.2) is 65.8 Å². The third-order valence-electron chi connectivity index (χ3n) is 5.36. The van der Waals surface area contributed by atoms with Crippen molar-refractivity contribution in [2.45, 2.75) is 4.90 Å². The maximum absolute atomic E-state index is 13.0. The van der Waals surface area contributed by atoms with Crippen LogP contribution in [0.2, 0.25) is 0 Å². The molecule has 0 saturated carbocycles. The second kappa shape index (κ2) is 9.10. The lowest BCUT2D eigenvalue weighted by Crippen LogP contribution is -2.47. The zero-order valence-electron chi connectivity index (χ0n) is 17.8. The second-order valence-corrected chi connectivity index (χ2v) is 9.57. The maximum Gasteiger partial charge on any atom is 0.269 e. The normalized spacial score (nSPS) is 15.3. The number of amides is 1. The number of nitrogens with zero attached hydrogens (tertiary/aromatic N) is 5. The molecule has 2 heterocycles. The number of likely N-dealkylation sites (N-methyl/N-ethyl adjacent to an activating group) is 1. The Morgan fingerprint density at radius 2 is 1.79 bits per heavy atom. The molecule has 1 aliphatic heterocycles. The molecule has 0 unspecified atom stereocenters. The van der Waals surface area contributed by atoms with E-state index in [1.54, 1.807) is 12.1 Å². The summed E-state index contributed by atoms with van der Waals surface area (Å²) in [6.45, 7) is 2.15. The van der Waals surface area contributed by atoms with Crippen molar-refractivity contribution in [2.24, 2.45) is 0 Å². The lowest BCUT2D eigenvalue weighted by molar-refractivity contribution is -0.384. The third kappa shape index (κ3) is 4.92. The molecule has 33 heavy (non-hydrogen) atoms. The topological polar surface area (TPSA) is 131 Å². The largest absolute Gasteiger partial charge is 0.322 e. The van der Waals surface area contributed by atoms with Gasteiger partial charge in [0.1, 0.15) is 0 Å². The standard InChI is InChI=1S/C21H22N6O5S/c1-24-9-11-25(12-10-24)33(31,32)20-4-2-3-17(13-20)23-21(28)16-14-22-26(15-16)18-5-7-19(8-6-18)27(29)30/h2-8,13-15H,9-12H2,1H3,(H,23,28). The summed E-state index contributed by atoms with van der Waals surface area (Å²) in [6, 6.07) is 11.9. The van der Waals surface area contributed by atoms with Gasteiger partial charge in [-0.05, 0) is 37.4 Å². The molecule has 12 heteroatoms. The molecule has 1 aliphatic rings. The SMILES string of the molecule is CN1CCN(S(=O)(=O)c2cccc(NC(=O)c3cnn(-c4ccc([N+](=O)[O-])cc4)c3)c2)CC1. The van der Waals surface area contributed by atoms with Gasteiger partial charge in [-0.25, -0.2) is 13.1 Å². The van der Waals surface area contributed by atoms with Crippen LogP contribution in [0.1, 0.15) is 10.4 Å². The molecule has 172 valence electrons. The van der Waals surface area contributed by atoms with Crippen molar-refractivity contribution in [3.63, 3.8) is 0 Å². The van der Waals surface area contributed by atoms with Gasteiger partial charge in [0.05, 0.1) is 27.3 Å². The minimum Gasteiger partial charge on any atom is -0.322 e. The van der Waals surface area contributed by atoms with Gasteiger partial charge in [0.15, 0.2) is 0 Å². The number of piperazine rings is 1. The van der Waals surface area contributed by atoms with Crippen LogP contribution in [0.5, 0.6) is 0 Å². The number of carbonyl (C=O) groups is 1. The first-order valence-electron chi connectivity index (χ1n) is 10.1. The molecule has 0 aliphatic carbocycles. The van der Waals surface area contributed by atoms with E-state index >= 15 is 0 Å². The van der Waals surface area contributed by atoms with Gasteiger partial charge in [-0.1, -0.05) is 6.07 Å². The molecule has 0 spiro atoms. The van der Waals surface area contributed by atoms with E-state index in [2.05, 4.69) is 15.3 Å². The third-order valence-corrected chi connectivity index (χ3v) is 7.26. The van der Waals surface area contributed by atoms with Gasteiger partial charge in [-0.15, -0.1) is 0 Å². The Labute approximate surface area is 190 Å². The Morgan fingerprint density at radius 3 is 2.45 bits per heavy atom. The van der Waals surface area contributed by atoms with E-state index < -0.39 is 20.9 Å². The number of anilines is 1. The molecule has 1 saturated heterocycles. The van der Waals surface area contributed by atoms with Crippen molar-refractivity contribution in [1.82, 2.24) is 19.0 Å². The van der Waals surface area contributed by atoms with E-state index in [0.717, 1.165) is 0 Å². The molecule has 1 fully saturated rings. The Kier molecular flexibility index (Phi) is 6.22. The summed E-state index contributed by atoms with van der Waals surface area (Å²) in [7, 11) is -1.71. The molecule has 1 N–H and O–H groups in total. The smallest absolute Gasteiger partial charge is 0.269 e. The van der Waals surface area contributed by atoms with Crippen LogP contribution in [0.3, 0.4) is 0 Å². The zero-order chi connectivity index (χ0) is 23.6. The Morgan fingerprint density at radius 1 is 1.09 bits per heavy atom. The first-order chi connectivity index (χ1) is 15.7. The monoisotopic (exact) mass is 470 g/mol. The number of hydrogen-bond acceptors (Lipinski definition) is 7. The summed E-state index contributed by atoms with van der Waals surface area (Å²) in [6.07, 6.45) is 2.85. The number of nitrogens with one attached hydrogen (secondary N) is 1. The number of nitro groups is 1. The summed E-state index contributed by atoms with van der Waals surface area (Å²) in [5.74, 6) is -0.461. The molecule has 1 aromatic heterocycles. The molecule has 0 bridgehead atoms. The zero-order valence-corrected chi connectivity index (χ0v) is 18.6. The minimum atomic E-state index is -3.66. The molecule has 0 atom stereocenters. The van der Waals surface area contributed by atoms with Gasteiger partial charge >= 0.3 is 0 Å². The summed E-state index contributed by atoms with van der Waals surface area (Å²) in [5, 5.41) is 17.6. The van der Waals surface area contributed by atoms with Crippen molar-refractivity contribution in [2.75, 3.05) is 38.5 Å². The van der Waals surface area contributed by atoms with Crippen molar-refractivity contribution < 1.29 is 18.1 Å². The van der Waals surface area contributed by atoms with Crippen molar-refractivity contribution in [1.29, 1.82) is 0 Å². The number of aromatic nitrogens is 2. The number of non-ortho nitro benzene ring substituents is 1. The fraction of sp³-hybridized carbons (Fsp3) is 0.238. The quantitative estimate of drug-likeness (QED) is 0.430. The maximum atomic E-state index is 13.0. The number of rotatable bonds is 6. The van der Waals surface area contributed by atoms with Crippen LogP contribution >= 0.6 is 0 Å². The first kappa shape index (κ1) is 22.6. The van der Waals surface area contributed by atoms with E-state index in [0.29, 0.717) is 37.6 Å². The van der Waals surface area contributed by atoms with E-state index in [9.17, 15) is 23.3 Å². The van der Waals surface area contributed by atoms with E-state index in [4.69, 9.17) is 0 Å². The van der Waals surface area contributed by atoms with Crippen LogP contribution in [0.4, 0.5) is 11.4 Å².